The molecule has 0 amide bonds. The average molecular weight is 591 g/mol. The van der Waals surface area contributed by atoms with Crippen LogP contribution in [0.4, 0.5) is 0 Å². The van der Waals surface area contributed by atoms with Gasteiger partial charge in [0.2, 0.25) is 0 Å². The minimum absolute atomic E-state index is 0.00189. The summed E-state index contributed by atoms with van der Waals surface area (Å²) in [7, 11) is 0. The van der Waals surface area contributed by atoms with Gasteiger partial charge in [-0.2, -0.15) is 10.1 Å². The van der Waals surface area contributed by atoms with E-state index in [1.54, 1.807) is 0 Å². The summed E-state index contributed by atoms with van der Waals surface area (Å²) in [6.45, 7) is 28.5. The Morgan fingerprint density at radius 2 is 0.714 bits per heavy atom. The molecular formula is C38H74N2O2. The molecule has 3 fully saturated rings. The van der Waals surface area contributed by atoms with Crippen LogP contribution in [0.1, 0.15) is 173 Å². The fourth-order valence-corrected chi connectivity index (χ4v) is 8.93. The smallest absolute Gasteiger partial charge is 0.0793 e. The van der Waals surface area contributed by atoms with Gasteiger partial charge in [0.05, 0.1) is 12.2 Å². The Balaban J connectivity index is 1.63. The number of hydrogen-bond acceptors (Lipinski definition) is 4. The second-order valence-electron chi connectivity index (χ2n) is 17.6. The molecule has 0 aromatic carbocycles. The Morgan fingerprint density at radius 3 is 0.952 bits per heavy atom. The topological polar surface area (TPSA) is 24.9 Å². The van der Waals surface area contributed by atoms with E-state index in [9.17, 15) is 0 Å². The molecule has 0 aromatic heterocycles. The zero-order valence-corrected chi connectivity index (χ0v) is 30.4. The summed E-state index contributed by atoms with van der Waals surface area (Å²) in [5.74, 6) is 3.97. The third-order valence-electron chi connectivity index (χ3n) is 11.2. The Morgan fingerprint density at radius 1 is 0.429 bits per heavy atom. The zero-order chi connectivity index (χ0) is 31.2. The molecule has 0 radical (unpaired) electrons. The van der Waals surface area contributed by atoms with Gasteiger partial charge in [-0.3, -0.25) is 9.68 Å². The monoisotopic (exact) mass is 591 g/mol. The molecule has 0 aromatic rings. The molecule has 0 aliphatic heterocycles. The van der Waals surface area contributed by atoms with E-state index >= 15 is 0 Å². The van der Waals surface area contributed by atoms with Gasteiger partial charge in [-0.25, -0.2) is 0 Å². The fraction of sp³-hybridized carbons (Fsp3) is 1.00. The van der Waals surface area contributed by atoms with Crippen molar-refractivity contribution >= 4 is 0 Å². The van der Waals surface area contributed by atoms with Gasteiger partial charge in [-0.15, -0.1) is 0 Å². The largest absolute Gasteiger partial charge is 0.295 e. The van der Waals surface area contributed by atoms with E-state index in [4.69, 9.17) is 9.68 Å². The van der Waals surface area contributed by atoms with Gasteiger partial charge in [0.15, 0.2) is 0 Å². The third kappa shape index (κ3) is 9.92. The first kappa shape index (κ1) is 36.3. The molecule has 3 rings (SSSR count). The second-order valence-corrected chi connectivity index (χ2v) is 17.6. The van der Waals surface area contributed by atoms with E-state index in [0.717, 1.165) is 11.8 Å². The van der Waals surface area contributed by atoms with Gasteiger partial charge in [0.25, 0.3) is 0 Å². The summed E-state index contributed by atoms with van der Waals surface area (Å²) < 4.78 is 0. The van der Waals surface area contributed by atoms with Crippen LogP contribution < -0.4 is 0 Å². The van der Waals surface area contributed by atoms with Crippen molar-refractivity contribution in [2.75, 3.05) is 0 Å². The highest BCUT2D eigenvalue weighted by Crippen LogP contribution is 2.41. The van der Waals surface area contributed by atoms with Crippen molar-refractivity contribution in [2.24, 2.45) is 35.5 Å². The highest BCUT2D eigenvalue weighted by molar-refractivity contribution is 4.89. The standard InChI is InChI=1S/C38H74N2O2/c1-27(2)35(33-19-15-13-16-20-33)39(37(7,8)9)41-29(5)31-23-25-32(26-24-31)30(6)42-40(38(10,11)12)36(28(3)4)34-21-17-14-18-22-34/h27-36H,13-26H2,1-12H3. The molecule has 4 unspecified atom stereocenters. The van der Waals surface area contributed by atoms with E-state index in [0.29, 0.717) is 35.8 Å². The summed E-state index contributed by atoms with van der Waals surface area (Å²) in [6, 6.07) is 0.998. The molecular weight excluding hydrogens is 516 g/mol. The van der Waals surface area contributed by atoms with Crippen LogP contribution in [0.2, 0.25) is 0 Å². The minimum Gasteiger partial charge on any atom is -0.295 e. The van der Waals surface area contributed by atoms with E-state index in [-0.39, 0.29) is 23.3 Å². The Labute approximate surface area is 263 Å². The molecule has 0 bridgehead atoms. The first-order valence-electron chi connectivity index (χ1n) is 18.5. The molecule has 248 valence electrons. The molecule has 0 spiro atoms. The van der Waals surface area contributed by atoms with Crippen LogP contribution in [0.15, 0.2) is 0 Å². The first-order chi connectivity index (χ1) is 19.6. The predicted octanol–water partition coefficient (Wildman–Crippen LogP) is 10.8. The number of hydroxylamine groups is 4. The Kier molecular flexibility index (Phi) is 13.8. The van der Waals surface area contributed by atoms with Gasteiger partial charge < -0.3 is 0 Å². The van der Waals surface area contributed by atoms with Gasteiger partial charge in [-0.05, 0) is 142 Å². The van der Waals surface area contributed by atoms with E-state index < -0.39 is 0 Å². The molecule has 4 heteroatoms. The predicted molar refractivity (Wildman–Crippen MR) is 180 cm³/mol. The van der Waals surface area contributed by atoms with E-state index in [1.807, 2.05) is 0 Å². The van der Waals surface area contributed by atoms with Gasteiger partial charge in [0.1, 0.15) is 0 Å². The summed E-state index contributed by atoms with van der Waals surface area (Å²) in [5.41, 5.74) is 0.00378. The zero-order valence-electron chi connectivity index (χ0n) is 30.4. The van der Waals surface area contributed by atoms with Crippen LogP contribution in [0.25, 0.3) is 0 Å². The van der Waals surface area contributed by atoms with E-state index in [1.165, 1.54) is 89.9 Å². The maximum atomic E-state index is 7.05. The van der Waals surface area contributed by atoms with Crippen molar-refractivity contribution in [1.82, 2.24) is 10.1 Å². The summed E-state index contributed by atoms with van der Waals surface area (Å²) in [6.07, 6.45) is 19.3. The van der Waals surface area contributed by atoms with Crippen molar-refractivity contribution < 1.29 is 9.68 Å². The minimum atomic E-state index is 0.00189. The Hall–Kier alpha value is -0.160. The van der Waals surface area contributed by atoms with E-state index in [2.05, 4.69) is 93.2 Å². The van der Waals surface area contributed by atoms with Crippen LogP contribution >= 0.6 is 0 Å². The van der Waals surface area contributed by atoms with Crippen LogP contribution in [0.5, 0.6) is 0 Å². The molecule has 4 atom stereocenters. The molecule has 3 aliphatic carbocycles. The molecule has 3 saturated carbocycles. The SMILES string of the molecule is CC(C)C(C1CCCCC1)N(OC(C)C1CCC(C(C)ON(C(C(C)C)C2CCCCC2)C(C)(C)C)CC1)C(C)(C)C. The lowest BCUT2D eigenvalue weighted by molar-refractivity contribution is -0.294. The van der Waals surface area contributed by atoms with Crippen molar-refractivity contribution in [3.8, 4) is 0 Å². The summed E-state index contributed by atoms with van der Waals surface area (Å²) >= 11 is 0. The molecule has 0 saturated heterocycles. The van der Waals surface area contributed by atoms with Crippen molar-refractivity contribution in [3.05, 3.63) is 0 Å². The van der Waals surface area contributed by atoms with Gasteiger partial charge >= 0.3 is 0 Å². The average Bonchev–Trinajstić information content (AvgIpc) is 2.92. The molecule has 0 N–H and O–H groups in total. The van der Waals surface area contributed by atoms with Crippen LogP contribution in [0, 0.1) is 35.5 Å². The normalized spacial score (nSPS) is 27.1. The van der Waals surface area contributed by atoms with Crippen LogP contribution in [0.3, 0.4) is 0 Å². The molecule has 4 nitrogen and oxygen atoms in total. The molecule has 0 heterocycles. The number of nitrogens with zero attached hydrogens (tertiary/aromatic N) is 2. The van der Waals surface area contributed by atoms with Crippen molar-refractivity contribution in [2.45, 2.75) is 208 Å². The van der Waals surface area contributed by atoms with Crippen molar-refractivity contribution in [1.29, 1.82) is 0 Å². The first-order valence-corrected chi connectivity index (χ1v) is 18.5. The lowest BCUT2D eigenvalue weighted by Crippen LogP contribution is -2.55. The number of rotatable bonds is 12. The summed E-state index contributed by atoms with van der Waals surface area (Å²) in [5, 5.41) is 4.93. The van der Waals surface area contributed by atoms with Crippen LogP contribution in [-0.2, 0) is 9.68 Å². The van der Waals surface area contributed by atoms with Gasteiger partial charge in [0, 0.05) is 23.2 Å². The molecule has 42 heavy (non-hydrogen) atoms. The highest BCUT2D eigenvalue weighted by atomic mass is 16.7. The summed E-state index contributed by atoms with van der Waals surface area (Å²) in [4.78, 5) is 14.1. The maximum absolute atomic E-state index is 7.05. The highest BCUT2D eigenvalue weighted by Gasteiger charge is 2.42. The van der Waals surface area contributed by atoms with Crippen LogP contribution in [-0.4, -0.2) is 45.5 Å². The van der Waals surface area contributed by atoms with Crippen molar-refractivity contribution in [3.63, 3.8) is 0 Å². The Bertz CT molecular complexity index is 684. The molecule has 3 aliphatic rings. The maximum Gasteiger partial charge on any atom is 0.0793 e. The lowest BCUT2D eigenvalue weighted by atomic mass is 9.77. The number of hydrogen-bond donors (Lipinski definition) is 0. The second kappa shape index (κ2) is 15.9. The third-order valence-corrected chi connectivity index (χ3v) is 11.2. The fourth-order valence-electron chi connectivity index (χ4n) is 8.93. The quantitative estimate of drug-likeness (QED) is 0.211. The lowest BCUT2D eigenvalue weighted by Gasteiger charge is -2.49. The van der Waals surface area contributed by atoms with Gasteiger partial charge in [-0.1, -0.05) is 66.2 Å².